The van der Waals surface area contributed by atoms with E-state index in [1.807, 2.05) is 20.8 Å². The molecule has 0 fully saturated rings. The van der Waals surface area contributed by atoms with Crippen molar-refractivity contribution in [3.8, 4) is 11.5 Å². The molecule has 1 aromatic heterocycles. The summed E-state index contributed by atoms with van der Waals surface area (Å²) in [4.78, 5) is 15.6. The molecule has 21 heavy (non-hydrogen) atoms. The third-order valence-corrected chi connectivity index (χ3v) is 3.42. The van der Waals surface area contributed by atoms with Gasteiger partial charge in [-0.25, -0.2) is 4.79 Å². The number of aromatic carboxylic acids is 1. The maximum absolute atomic E-state index is 11.2. The highest BCUT2D eigenvalue weighted by molar-refractivity contribution is 5.94. The summed E-state index contributed by atoms with van der Waals surface area (Å²) in [6.07, 6.45) is 0.681. The molecule has 0 spiro atoms. The van der Waals surface area contributed by atoms with Crippen molar-refractivity contribution in [2.75, 3.05) is 6.61 Å². The SMILES string of the molecule is CCOC(C)(CC)c1noc(-c2ccccc2C(=O)O)n1. The van der Waals surface area contributed by atoms with E-state index < -0.39 is 11.6 Å². The highest BCUT2D eigenvalue weighted by Gasteiger charge is 2.31. The molecule has 0 saturated carbocycles. The molecular formula is C15H18N2O4. The van der Waals surface area contributed by atoms with Crippen molar-refractivity contribution in [2.24, 2.45) is 0 Å². The maximum Gasteiger partial charge on any atom is 0.336 e. The van der Waals surface area contributed by atoms with Gasteiger partial charge in [-0.05, 0) is 32.4 Å². The normalized spacial score (nSPS) is 13.9. The molecule has 1 unspecified atom stereocenters. The Morgan fingerprint density at radius 2 is 2.10 bits per heavy atom. The van der Waals surface area contributed by atoms with Crippen LogP contribution in [0.2, 0.25) is 0 Å². The number of carboxylic acid groups (broad SMARTS) is 1. The van der Waals surface area contributed by atoms with Gasteiger partial charge in [0.25, 0.3) is 5.89 Å². The molecule has 112 valence electrons. The second kappa shape index (κ2) is 6.05. The first-order valence-corrected chi connectivity index (χ1v) is 6.82. The molecule has 0 bridgehead atoms. The summed E-state index contributed by atoms with van der Waals surface area (Å²) in [5, 5.41) is 13.2. The van der Waals surface area contributed by atoms with Crippen LogP contribution in [0, 0.1) is 0 Å². The van der Waals surface area contributed by atoms with E-state index in [1.54, 1.807) is 18.2 Å². The van der Waals surface area contributed by atoms with Crippen LogP contribution in [0.3, 0.4) is 0 Å². The molecule has 0 aliphatic carbocycles. The van der Waals surface area contributed by atoms with Gasteiger partial charge in [-0.1, -0.05) is 24.2 Å². The van der Waals surface area contributed by atoms with Crippen LogP contribution in [-0.4, -0.2) is 27.8 Å². The van der Waals surface area contributed by atoms with E-state index in [1.165, 1.54) is 6.07 Å². The topological polar surface area (TPSA) is 85.5 Å². The van der Waals surface area contributed by atoms with Gasteiger partial charge in [-0.2, -0.15) is 4.98 Å². The van der Waals surface area contributed by atoms with Gasteiger partial charge in [0.05, 0.1) is 11.1 Å². The van der Waals surface area contributed by atoms with Crippen LogP contribution in [0.25, 0.3) is 11.5 Å². The molecule has 1 atom stereocenters. The second-order valence-electron chi connectivity index (χ2n) is 4.79. The number of aromatic nitrogens is 2. The molecule has 0 radical (unpaired) electrons. The maximum atomic E-state index is 11.2. The fourth-order valence-corrected chi connectivity index (χ4v) is 2.05. The third-order valence-electron chi connectivity index (χ3n) is 3.42. The van der Waals surface area contributed by atoms with Crippen LogP contribution in [0.5, 0.6) is 0 Å². The van der Waals surface area contributed by atoms with Crippen LogP contribution in [0.4, 0.5) is 0 Å². The van der Waals surface area contributed by atoms with E-state index in [0.717, 1.165) is 0 Å². The monoisotopic (exact) mass is 290 g/mol. The smallest absolute Gasteiger partial charge is 0.336 e. The van der Waals surface area contributed by atoms with E-state index in [9.17, 15) is 9.90 Å². The van der Waals surface area contributed by atoms with Gasteiger partial charge >= 0.3 is 5.97 Å². The molecule has 1 aromatic carbocycles. The quantitative estimate of drug-likeness (QED) is 0.879. The Balaban J connectivity index is 2.43. The molecule has 0 amide bonds. The Kier molecular flexibility index (Phi) is 4.37. The minimum Gasteiger partial charge on any atom is -0.478 e. The summed E-state index contributed by atoms with van der Waals surface area (Å²) < 4.78 is 10.9. The number of hydrogen-bond acceptors (Lipinski definition) is 5. The molecular weight excluding hydrogens is 272 g/mol. The van der Waals surface area contributed by atoms with Gasteiger partial charge < -0.3 is 14.4 Å². The fraction of sp³-hybridized carbons (Fsp3) is 0.400. The van der Waals surface area contributed by atoms with E-state index in [0.29, 0.717) is 24.4 Å². The van der Waals surface area contributed by atoms with Crippen molar-refractivity contribution in [3.05, 3.63) is 35.7 Å². The van der Waals surface area contributed by atoms with Crippen LogP contribution >= 0.6 is 0 Å². The second-order valence-corrected chi connectivity index (χ2v) is 4.79. The predicted molar refractivity (Wildman–Crippen MR) is 76.0 cm³/mol. The van der Waals surface area contributed by atoms with Gasteiger partial charge in [0, 0.05) is 6.61 Å². The molecule has 2 aromatic rings. The Bertz CT molecular complexity index is 638. The lowest BCUT2D eigenvalue weighted by molar-refractivity contribution is -0.0403. The van der Waals surface area contributed by atoms with E-state index in [-0.39, 0.29) is 11.5 Å². The number of benzene rings is 1. The van der Waals surface area contributed by atoms with E-state index in [2.05, 4.69) is 10.1 Å². The number of ether oxygens (including phenoxy) is 1. The van der Waals surface area contributed by atoms with Crippen molar-refractivity contribution in [1.82, 2.24) is 10.1 Å². The lowest BCUT2D eigenvalue weighted by atomic mass is 10.0. The Morgan fingerprint density at radius 3 is 2.71 bits per heavy atom. The van der Waals surface area contributed by atoms with Crippen molar-refractivity contribution in [3.63, 3.8) is 0 Å². The van der Waals surface area contributed by atoms with Gasteiger partial charge in [0.1, 0.15) is 5.60 Å². The zero-order chi connectivity index (χ0) is 15.5. The number of hydrogen-bond donors (Lipinski definition) is 1. The van der Waals surface area contributed by atoms with Gasteiger partial charge in [-0.3, -0.25) is 0 Å². The third kappa shape index (κ3) is 2.95. The summed E-state index contributed by atoms with van der Waals surface area (Å²) >= 11 is 0. The minimum atomic E-state index is -1.03. The summed E-state index contributed by atoms with van der Waals surface area (Å²) in [5.74, 6) is -0.433. The minimum absolute atomic E-state index is 0.127. The molecule has 6 nitrogen and oxygen atoms in total. The van der Waals surface area contributed by atoms with Crippen LogP contribution in [0.15, 0.2) is 28.8 Å². The molecule has 0 aliphatic heterocycles. The largest absolute Gasteiger partial charge is 0.478 e. The zero-order valence-corrected chi connectivity index (χ0v) is 12.3. The van der Waals surface area contributed by atoms with Crippen molar-refractivity contribution < 1.29 is 19.2 Å². The number of carboxylic acids is 1. The highest BCUT2D eigenvalue weighted by Crippen LogP contribution is 2.29. The molecule has 0 aliphatic rings. The first-order valence-electron chi connectivity index (χ1n) is 6.82. The highest BCUT2D eigenvalue weighted by atomic mass is 16.5. The van der Waals surface area contributed by atoms with E-state index >= 15 is 0 Å². The van der Waals surface area contributed by atoms with Gasteiger partial charge in [-0.15, -0.1) is 0 Å². The van der Waals surface area contributed by atoms with Crippen LogP contribution in [0.1, 0.15) is 43.4 Å². The Hall–Kier alpha value is -2.21. The van der Waals surface area contributed by atoms with Crippen molar-refractivity contribution in [2.45, 2.75) is 32.8 Å². The molecule has 1 heterocycles. The first kappa shape index (κ1) is 15.2. The van der Waals surface area contributed by atoms with Crippen molar-refractivity contribution >= 4 is 5.97 Å². The van der Waals surface area contributed by atoms with Crippen LogP contribution < -0.4 is 0 Å². The summed E-state index contributed by atoms with van der Waals surface area (Å²) in [5.41, 5.74) is -0.115. The Morgan fingerprint density at radius 1 is 1.38 bits per heavy atom. The lowest BCUT2D eigenvalue weighted by Crippen LogP contribution is -2.26. The standard InChI is InChI=1S/C15H18N2O4/c1-4-15(3,20-5-2)14-16-12(21-17-14)10-8-6-7-9-11(10)13(18)19/h6-9H,4-5H2,1-3H3,(H,18,19). The van der Waals surface area contributed by atoms with E-state index in [4.69, 9.17) is 9.26 Å². The van der Waals surface area contributed by atoms with Crippen LogP contribution in [-0.2, 0) is 10.3 Å². The van der Waals surface area contributed by atoms with Gasteiger partial charge in [0.15, 0.2) is 0 Å². The number of nitrogens with zero attached hydrogens (tertiary/aromatic N) is 2. The molecule has 6 heteroatoms. The summed E-state index contributed by atoms with van der Waals surface area (Å²) in [7, 11) is 0. The average molecular weight is 290 g/mol. The predicted octanol–water partition coefficient (Wildman–Crippen LogP) is 3.10. The Labute approximate surface area is 122 Å². The van der Waals surface area contributed by atoms with Crippen molar-refractivity contribution in [1.29, 1.82) is 0 Å². The summed E-state index contributed by atoms with van der Waals surface area (Å²) in [6, 6.07) is 6.53. The molecule has 0 saturated heterocycles. The number of carbonyl (C=O) groups is 1. The van der Waals surface area contributed by atoms with Gasteiger partial charge in [0.2, 0.25) is 5.82 Å². The molecule has 1 N–H and O–H groups in total. The summed E-state index contributed by atoms with van der Waals surface area (Å²) in [6.45, 7) is 6.28. The first-order chi connectivity index (χ1) is 10.0. The molecule has 2 rings (SSSR count). The fourth-order valence-electron chi connectivity index (χ4n) is 2.05. The average Bonchev–Trinajstić information content (AvgIpc) is 2.97. The lowest BCUT2D eigenvalue weighted by Gasteiger charge is -2.23. The zero-order valence-electron chi connectivity index (χ0n) is 12.3. The number of rotatable bonds is 6.